The minimum atomic E-state index is 0.413. The monoisotopic (exact) mass is 213 g/mol. The first-order valence-corrected chi connectivity index (χ1v) is 6.34. The van der Waals surface area contributed by atoms with Crippen LogP contribution in [0.3, 0.4) is 0 Å². The maximum atomic E-state index is 3.77. The molecule has 77 valence electrons. The van der Waals surface area contributed by atoms with Crippen LogP contribution in [0.4, 0.5) is 0 Å². The van der Waals surface area contributed by atoms with Gasteiger partial charge in [-0.2, -0.15) is 0 Å². The quantitative estimate of drug-likeness (QED) is 0.671. The first-order valence-electron chi connectivity index (χ1n) is 5.76. The second-order valence-corrected chi connectivity index (χ2v) is 5.00. The molecule has 0 nitrogen and oxygen atoms in total. The summed E-state index contributed by atoms with van der Waals surface area (Å²) in [7, 11) is 3.77. The standard InChI is InChI=1S/C14H17Si/c1-3-6-10(2)13-9-14(15)12-8-5-4-7-11(12)13/h4-5,7-10,14H,3,6H2,1-2H3. The van der Waals surface area contributed by atoms with Crippen LogP contribution in [0, 0.1) is 5.92 Å². The molecule has 0 fully saturated rings. The van der Waals surface area contributed by atoms with E-state index in [-0.39, 0.29) is 0 Å². The number of allylic oxidation sites excluding steroid dienone is 2. The molecule has 0 spiro atoms. The number of fused-ring (bicyclic) bond motifs is 1. The van der Waals surface area contributed by atoms with Crippen LogP contribution in [0.15, 0.2) is 30.3 Å². The second kappa shape index (κ2) is 4.36. The highest BCUT2D eigenvalue weighted by Gasteiger charge is 2.22. The first kappa shape index (κ1) is 10.7. The van der Waals surface area contributed by atoms with Crippen LogP contribution in [0.25, 0.3) is 5.57 Å². The molecule has 2 unspecified atom stereocenters. The maximum absolute atomic E-state index is 3.77. The molecule has 1 aromatic rings. The number of rotatable bonds is 3. The van der Waals surface area contributed by atoms with Gasteiger partial charge in [-0.1, -0.05) is 50.6 Å². The Balaban J connectivity index is 2.32. The van der Waals surface area contributed by atoms with Gasteiger partial charge in [0.15, 0.2) is 0 Å². The van der Waals surface area contributed by atoms with Crippen molar-refractivity contribution in [3.8, 4) is 0 Å². The van der Waals surface area contributed by atoms with Gasteiger partial charge in [-0.25, -0.2) is 0 Å². The van der Waals surface area contributed by atoms with Gasteiger partial charge >= 0.3 is 0 Å². The molecule has 0 saturated carbocycles. The normalized spacial score (nSPS) is 21.0. The molecule has 0 N–H and O–H groups in total. The highest BCUT2D eigenvalue weighted by atomic mass is 28.1. The molecule has 0 heterocycles. The second-order valence-electron chi connectivity index (χ2n) is 4.38. The molecule has 0 bridgehead atoms. The van der Waals surface area contributed by atoms with E-state index in [0.29, 0.717) is 11.5 Å². The largest absolute Gasteiger partial charge is 0.0765 e. The molecule has 1 aliphatic rings. The van der Waals surface area contributed by atoms with Gasteiger partial charge in [-0.3, -0.25) is 0 Å². The third-order valence-electron chi connectivity index (χ3n) is 3.21. The predicted molar refractivity (Wildman–Crippen MR) is 67.0 cm³/mol. The van der Waals surface area contributed by atoms with Crippen molar-refractivity contribution in [3.05, 3.63) is 41.5 Å². The SMILES string of the molecule is CCCC(C)C1=CC([Si])c2ccccc21. The Kier molecular flexibility index (Phi) is 3.10. The van der Waals surface area contributed by atoms with Gasteiger partial charge in [-0.05, 0) is 34.6 Å². The van der Waals surface area contributed by atoms with Crippen molar-refractivity contribution in [1.82, 2.24) is 0 Å². The van der Waals surface area contributed by atoms with E-state index in [1.165, 1.54) is 29.5 Å². The van der Waals surface area contributed by atoms with Crippen LogP contribution in [0.1, 0.15) is 43.4 Å². The van der Waals surface area contributed by atoms with E-state index in [9.17, 15) is 0 Å². The Labute approximate surface area is 95.8 Å². The van der Waals surface area contributed by atoms with Crippen molar-refractivity contribution in [1.29, 1.82) is 0 Å². The fraction of sp³-hybridized carbons (Fsp3) is 0.429. The molecule has 0 saturated heterocycles. The molecule has 2 rings (SSSR count). The smallest absolute Gasteiger partial charge is 0.0388 e. The van der Waals surface area contributed by atoms with Crippen LogP contribution in [-0.2, 0) is 0 Å². The summed E-state index contributed by atoms with van der Waals surface area (Å²) in [6.07, 6.45) is 4.90. The summed E-state index contributed by atoms with van der Waals surface area (Å²) in [5.74, 6) is 0.678. The zero-order valence-electron chi connectivity index (χ0n) is 9.46. The lowest BCUT2D eigenvalue weighted by atomic mass is 9.92. The van der Waals surface area contributed by atoms with Crippen molar-refractivity contribution >= 4 is 15.8 Å². The van der Waals surface area contributed by atoms with Gasteiger partial charge in [0.05, 0.1) is 0 Å². The first-order chi connectivity index (χ1) is 7.24. The molecule has 1 aliphatic carbocycles. The average molecular weight is 213 g/mol. The molecule has 15 heavy (non-hydrogen) atoms. The summed E-state index contributed by atoms with van der Waals surface area (Å²) in [5, 5.41) is 0. The van der Waals surface area contributed by atoms with Crippen molar-refractivity contribution < 1.29 is 0 Å². The number of hydrogen-bond donors (Lipinski definition) is 0. The summed E-state index contributed by atoms with van der Waals surface area (Å²) in [5.41, 5.74) is 4.80. The Morgan fingerprint density at radius 2 is 2.07 bits per heavy atom. The summed E-state index contributed by atoms with van der Waals surface area (Å²) < 4.78 is 0. The van der Waals surface area contributed by atoms with Gasteiger partial charge in [0.2, 0.25) is 0 Å². The van der Waals surface area contributed by atoms with E-state index in [1.807, 2.05) is 0 Å². The predicted octanol–water partition coefficient (Wildman–Crippen LogP) is 3.73. The third kappa shape index (κ3) is 1.93. The fourth-order valence-corrected chi connectivity index (χ4v) is 2.84. The van der Waals surface area contributed by atoms with Crippen LogP contribution in [0.5, 0.6) is 0 Å². The van der Waals surface area contributed by atoms with E-state index in [0.717, 1.165) is 0 Å². The lowest BCUT2D eigenvalue weighted by Gasteiger charge is -2.13. The Morgan fingerprint density at radius 3 is 2.80 bits per heavy atom. The highest BCUT2D eigenvalue weighted by molar-refractivity contribution is 6.16. The van der Waals surface area contributed by atoms with E-state index < -0.39 is 0 Å². The zero-order valence-corrected chi connectivity index (χ0v) is 10.5. The zero-order chi connectivity index (χ0) is 10.8. The molecule has 0 aliphatic heterocycles. The summed E-state index contributed by atoms with van der Waals surface area (Å²) in [4.78, 5) is 0. The minimum absolute atomic E-state index is 0.413. The van der Waals surface area contributed by atoms with E-state index in [2.05, 4.69) is 54.4 Å². The summed E-state index contributed by atoms with van der Waals surface area (Å²) in [6.45, 7) is 4.58. The van der Waals surface area contributed by atoms with Crippen LogP contribution < -0.4 is 0 Å². The van der Waals surface area contributed by atoms with Gasteiger partial charge in [0.25, 0.3) is 0 Å². The lowest BCUT2D eigenvalue weighted by molar-refractivity contribution is 0.650. The van der Waals surface area contributed by atoms with Gasteiger partial charge in [0, 0.05) is 10.2 Å². The Morgan fingerprint density at radius 1 is 1.33 bits per heavy atom. The van der Waals surface area contributed by atoms with Gasteiger partial charge in [0.1, 0.15) is 0 Å². The third-order valence-corrected chi connectivity index (χ3v) is 3.68. The molecule has 1 heteroatoms. The summed E-state index contributed by atoms with van der Waals surface area (Å²) >= 11 is 0. The molecule has 1 aromatic carbocycles. The van der Waals surface area contributed by atoms with Crippen molar-refractivity contribution in [3.63, 3.8) is 0 Å². The van der Waals surface area contributed by atoms with E-state index in [1.54, 1.807) is 0 Å². The lowest BCUT2D eigenvalue weighted by Crippen LogP contribution is -1.96. The topological polar surface area (TPSA) is 0 Å². The van der Waals surface area contributed by atoms with Crippen molar-refractivity contribution in [2.24, 2.45) is 5.92 Å². The summed E-state index contributed by atoms with van der Waals surface area (Å²) in [6, 6.07) is 8.71. The highest BCUT2D eigenvalue weighted by Crippen LogP contribution is 2.39. The van der Waals surface area contributed by atoms with Crippen LogP contribution in [-0.4, -0.2) is 10.2 Å². The molecular weight excluding hydrogens is 196 g/mol. The molecular formula is C14H17Si. The van der Waals surface area contributed by atoms with Crippen molar-refractivity contribution in [2.45, 2.75) is 32.2 Å². The molecule has 3 radical (unpaired) electrons. The van der Waals surface area contributed by atoms with Crippen LogP contribution >= 0.6 is 0 Å². The fourth-order valence-electron chi connectivity index (χ4n) is 2.41. The van der Waals surface area contributed by atoms with Crippen molar-refractivity contribution in [2.75, 3.05) is 0 Å². The molecule has 2 atom stereocenters. The Hall–Kier alpha value is -0.823. The number of hydrogen-bond acceptors (Lipinski definition) is 0. The Bertz CT molecular complexity index is 379. The van der Waals surface area contributed by atoms with Crippen LogP contribution in [0.2, 0.25) is 0 Å². The van der Waals surface area contributed by atoms with Gasteiger partial charge < -0.3 is 0 Å². The molecule has 0 amide bonds. The van der Waals surface area contributed by atoms with E-state index >= 15 is 0 Å². The maximum Gasteiger partial charge on any atom is 0.0388 e. The molecule has 0 aromatic heterocycles. The number of benzene rings is 1. The average Bonchev–Trinajstić information content (AvgIpc) is 2.58. The van der Waals surface area contributed by atoms with E-state index in [4.69, 9.17) is 0 Å². The minimum Gasteiger partial charge on any atom is -0.0765 e. The van der Waals surface area contributed by atoms with Gasteiger partial charge in [-0.15, -0.1) is 0 Å².